The number of benzene rings is 1. The molecule has 0 saturated heterocycles. The molecule has 0 aliphatic rings. The van der Waals surface area contributed by atoms with E-state index < -0.39 is 6.10 Å². The lowest BCUT2D eigenvalue weighted by Gasteiger charge is -2.11. The van der Waals surface area contributed by atoms with Crippen LogP contribution in [-0.2, 0) is 6.42 Å². The van der Waals surface area contributed by atoms with Gasteiger partial charge < -0.3 is 5.11 Å². The molecular weight excluding hydrogens is 251 g/mol. The molecule has 0 spiro atoms. The number of hydrogen-bond donors (Lipinski definition) is 1. The van der Waals surface area contributed by atoms with Gasteiger partial charge in [0.25, 0.3) is 0 Å². The Balaban J connectivity index is 2.20. The molecule has 0 bridgehead atoms. The Hall–Kier alpha value is -1.33. The molecule has 1 heterocycles. The molecule has 1 aromatic heterocycles. The van der Waals surface area contributed by atoms with E-state index >= 15 is 0 Å². The van der Waals surface area contributed by atoms with Crippen LogP contribution in [0, 0.1) is 5.82 Å². The average molecular weight is 266 g/mol. The first-order chi connectivity index (χ1) is 8.59. The van der Waals surface area contributed by atoms with Crippen molar-refractivity contribution < 1.29 is 9.50 Å². The SMILES string of the molecule is CC(C)c1nnsc1C(O)Cc1ccccc1F. The molecular formula is C13H15FN2OS. The third kappa shape index (κ3) is 2.73. The van der Waals surface area contributed by atoms with Crippen molar-refractivity contribution in [3.8, 4) is 0 Å². The number of hydrogen-bond acceptors (Lipinski definition) is 4. The molecule has 18 heavy (non-hydrogen) atoms. The first kappa shape index (κ1) is 13.1. The first-order valence-electron chi connectivity index (χ1n) is 5.83. The van der Waals surface area contributed by atoms with Crippen molar-refractivity contribution in [2.75, 3.05) is 0 Å². The van der Waals surface area contributed by atoms with Gasteiger partial charge in [-0.1, -0.05) is 36.5 Å². The standard InChI is InChI=1S/C13H15FN2OS/c1-8(2)12-13(18-16-15-12)11(17)7-9-5-3-4-6-10(9)14/h3-6,8,11,17H,7H2,1-2H3. The topological polar surface area (TPSA) is 46.0 Å². The third-order valence-corrected chi connectivity index (χ3v) is 3.60. The van der Waals surface area contributed by atoms with Gasteiger partial charge in [0.15, 0.2) is 0 Å². The molecule has 0 radical (unpaired) electrons. The third-order valence-electron chi connectivity index (χ3n) is 2.76. The summed E-state index contributed by atoms with van der Waals surface area (Å²) in [5, 5.41) is 14.2. The zero-order valence-electron chi connectivity index (χ0n) is 10.3. The van der Waals surface area contributed by atoms with Gasteiger partial charge in [-0.2, -0.15) is 0 Å². The molecule has 2 aromatic rings. The van der Waals surface area contributed by atoms with Gasteiger partial charge in [-0.25, -0.2) is 4.39 Å². The van der Waals surface area contributed by atoms with E-state index in [1.165, 1.54) is 17.6 Å². The fraction of sp³-hybridized carbons (Fsp3) is 0.385. The van der Waals surface area contributed by atoms with Gasteiger partial charge in [-0.15, -0.1) is 5.10 Å². The summed E-state index contributed by atoms with van der Waals surface area (Å²) in [4.78, 5) is 0.730. The number of aliphatic hydroxyl groups excluding tert-OH is 1. The van der Waals surface area contributed by atoms with Crippen molar-refractivity contribution >= 4 is 11.5 Å². The van der Waals surface area contributed by atoms with E-state index in [1.807, 2.05) is 13.8 Å². The zero-order valence-corrected chi connectivity index (χ0v) is 11.1. The highest BCUT2D eigenvalue weighted by Crippen LogP contribution is 2.28. The van der Waals surface area contributed by atoms with Crippen LogP contribution in [0.15, 0.2) is 24.3 Å². The number of halogens is 1. The molecule has 1 unspecified atom stereocenters. The predicted octanol–water partition coefficient (Wildman–Crippen LogP) is 3.08. The van der Waals surface area contributed by atoms with Crippen molar-refractivity contribution in [2.24, 2.45) is 0 Å². The van der Waals surface area contributed by atoms with Crippen molar-refractivity contribution in [1.29, 1.82) is 0 Å². The van der Waals surface area contributed by atoms with Crippen molar-refractivity contribution in [1.82, 2.24) is 9.59 Å². The molecule has 96 valence electrons. The maximum Gasteiger partial charge on any atom is 0.126 e. The lowest BCUT2D eigenvalue weighted by atomic mass is 10.0. The largest absolute Gasteiger partial charge is 0.387 e. The highest BCUT2D eigenvalue weighted by atomic mass is 32.1. The van der Waals surface area contributed by atoms with Crippen molar-refractivity contribution in [2.45, 2.75) is 32.3 Å². The van der Waals surface area contributed by atoms with Gasteiger partial charge >= 0.3 is 0 Å². The van der Waals surface area contributed by atoms with Crippen LogP contribution in [-0.4, -0.2) is 14.7 Å². The highest BCUT2D eigenvalue weighted by molar-refractivity contribution is 7.05. The van der Waals surface area contributed by atoms with Gasteiger partial charge in [0.1, 0.15) is 5.82 Å². The van der Waals surface area contributed by atoms with Crippen LogP contribution in [0.2, 0.25) is 0 Å². The average Bonchev–Trinajstić information content (AvgIpc) is 2.81. The van der Waals surface area contributed by atoms with E-state index in [2.05, 4.69) is 9.59 Å². The van der Waals surface area contributed by atoms with Crippen LogP contribution >= 0.6 is 11.5 Å². The Morgan fingerprint density at radius 2 is 2.06 bits per heavy atom. The summed E-state index contributed by atoms with van der Waals surface area (Å²) in [5.41, 5.74) is 1.30. The molecule has 1 aromatic carbocycles. The van der Waals surface area contributed by atoms with E-state index in [9.17, 15) is 9.50 Å². The summed E-state index contributed by atoms with van der Waals surface area (Å²) >= 11 is 1.18. The summed E-state index contributed by atoms with van der Waals surface area (Å²) < 4.78 is 17.4. The summed E-state index contributed by atoms with van der Waals surface area (Å²) in [7, 11) is 0. The molecule has 2 rings (SSSR count). The Labute approximate surface area is 109 Å². The summed E-state index contributed by atoms with van der Waals surface area (Å²) in [5.74, 6) is -0.0888. The fourth-order valence-electron chi connectivity index (χ4n) is 1.80. The minimum atomic E-state index is -0.751. The molecule has 3 nitrogen and oxygen atoms in total. The molecule has 0 saturated carbocycles. The van der Waals surface area contributed by atoms with Crippen LogP contribution in [0.4, 0.5) is 4.39 Å². The summed E-state index contributed by atoms with van der Waals surface area (Å²) in [6.45, 7) is 3.99. The summed E-state index contributed by atoms with van der Waals surface area (Å²) in [6, 6.07) is 6.48. The molecule has 1 atom stereocenters. The second-order valence-electron chi connectivity index (χ2n) is 4.49. The van der Waals surface area contributed by atoms with E-state index in [1.54, 1.807) is 18.2 Å². The van der Waals surface area contributed by atoms with E-state index in [0.717, 1.165) is 10.6 Å². The molecule has 0 fully saturated rings. The maximum atomic E-state index is 13.5. The Morgan fingerprint density at radius 3 is 2.72 bits per heavy atom. The van der Waals surface area contributed by atoms with E-state index in [4.69, 9.17) is 0 Å². The lowest BCUT2D eigenvalue weighted by molar-refractivity contribution is 0.179. The van der Waals surface area contributed by atoms with Crippen LogP contribution in [0.25, 0.3) is 0 Å². The van der Waals surface area contributed by atoms with Crippen LogP contribution in [0.3, 0.4) is 0 Å². The second kappa shape index (κ2) is 5.54. The van der Waals surface area contributed by atoms with Crippen molar-refractivity contribution in [3.05, 3.63) is 46.2 Å². The molecule has 5 heteroatoms. The molecule has 0 aliphatic heterocycles. The Morgan fingerprint density at radius 1 is 1.33 bits per heavy atom. The number of nitrogens with zero attached hydrogens (tertiary/aromatic N) is 2. The number of rotatable bonds is 4. The molecule has 0 aliphatic carbocycles. The first-order valence-corrected chi connectivity index (χ1v) is 6.60. The normalized spacial score (nSPS) is 12.9. The van der Waals surface area contributed by atoms with Gasteiger partial charge in [-0.05, 0) is 29.1 Å². The van der Waals surface area contributed by atoms with Gasteiger partial charge in [0.2, 0.25) is 0 Å². The highest BCUT2D eigenvalue weighted by Gasteiger charge is 2.20. The lowest BCUT2D eigenvalue weighted by Crippen LogP contribution is -2.05. The molecule has 0 amide bonds. The predicted molar refractivity (Wildman–Crippen MR) is 69.1 cm³/mol. The minimum Gasteiger partial charge on any atom is -0.387 e. The van der Waals surface area contributed by atoms with Gasteiger partial charge in [-0.3, -0.25) is 0 Å². The number of aliphatic hydroxyl groups is 1. The quantitative estimate of drug-likeness (QED) is 0.925. The van der Waals surface area contributed by atoms with Crippen LogP contribution < -0.4 is 0 Å². The van der Waals surface area contributed by atoms with Gasteiger partial charge in [0, 0.05) is 6.42 Å². The smallest absolute Gasteiger partial charge is 0.126 e. The minimum absolute atomic E-state index is 0.203. The van der Waals surface area contributed by atoms with Crippen molar-refractivity contribution in [3.63, 3.8) is 0 Å². The second-order valence-corrected chi connectivity index (χ2v) is 5.27. The fourth-order valence-corrected chi connectivity index (χ4v) is 2.59. The maximum absolute atomic E-state index is 13.5. The molecule has 1 N–H and O–H groups in total. The van der Waals surface area contributed by atoms with Gasteiger partial charge in [0.05, 0.1) is 16.7 Å². The number of aromatic nitrogens is 2. The zero-order chi connectivity index (χ0) is 13.1. The van der Waals surface area contributed by atoms with E-state index in [-0.39, 0.29) is 18.2 Å². The Kier molecular flexibility index (Phi) is 4.04. The van der Waals surface area contributed by atoms with E-state index in [0.29, 0.717) is 5.56 Å². The monoisotopic (exact) mass is 266 g/mol. The van der Waals surface area contributed by atoms with Crippen LogP contribution in [0.1, 0.15) is 42.0 Å². The Bertz CT molecular complexity index is 527. The summed E-state index contributed by atoms with van der Waals surface area (Å²) in [6.07, 6.45) is -0.504. The van der Waals surface area contributed by atoms with Crippen LogP contribution in [0.5, 0.6) is 0 Å².